The minimum Gasteiger partial charge on any atom is -0.469 e. The molecule has 0 saturated heterocycles. The van der Waals surface area contributed by atoms with Crippen molar-refractivity contribution in [3.63, 3.8) is 0 Å². The highest BCUT2D eigenvalue weighted by Crippen LogP contribution is 2.44. The van der Waals surface area contributed by atoms with Gasteiger partial charge >= 0.3 is 12.1 Å². The molecule has 9 heteroatoms. The summed E-state index contributed by atoms with van der Waals surface area (Å²) in [5.74, 6) is -1.16. The zero-order valence-electron chi connectivity index (χ0n) is 18.5. The molecule has 1 unspecified atom stereocenters. The van der Waals surface area contributed by atoms with Crippen LogP contribution < -0.4 is 10.0 Å². The Balaban J connectivity index is 1.40. The average Bonchev–Trinajstić information content (AvgIpc) is 3.08. The highest BCUT2D eigenvalue weighted by atomic mass is 32.2. The van der Waals surface area contributed by atoms with Gasteiger partial charge in [0.05, 0.1) is 25.3 Å². The van der Waals surface area contributed by atoms with E-state index in [1.807, 2.05) is 48.5 Å². The van der Waals surface area contributed by atoms with Crippen LogP contribution in [-0.2, 0) is 24.3 Å². The van der Waals surface area contributed by atoms with Crippen molar-refractivity contribution in [2.45, 2.75) is 43.7 Å². The lowest BCUT2D eigenvalue weighted by molar-refractivity contribution is -0.141. The Morgan fingerprint density at radius 1 is 1.03 bits per heavy atom. The number of amides is 1. The maximum atomic E-state index is 12.6. The van der Waals surface area contributed by atoms with E-state index in [1.54, 1.807) is 0 Å². The van der Waals surface area contributed by atoms with Crippen LogP contribution in [0, 0.1) is 0 Å². The van der Waals surface area contributed by atoms with Gasteiger partial charge in [-0.3, -0.25) is 4.79 Å². The molecule has 2 N–H and O–H groups in total. The number of nitrogens with one attached hydrogen (secondary N) is 2. The van der Waals surface area contributed by atoms with E-state index in [4.69, 9.17) is 4.74 Å². The third kappa shape index (κ3) is 5.54. The first kappa shape index (κ1) is 23.3. The molecular weight excluding hydrogens is 444 g/mol. The van der Waals surface area contributed by atoms with E-state index >= 15 is 0 Å². The van der Waals surface area contributed by atoms with Crippen molar-refractivity contribution >= 4 is 22.1 Å². The van der Waals surface area contributed by atoms with Gasteiger partial charge in [0.1, 0.15) is 6.61 Å². The number of carbonyl (C=O) groups is 2. The molecule has 1 saturated carbocycles. The average molecular weight is 473 g/mol. The van der Waals surface area contributed by atoms with E-state index in [0.717, 1.165) is 41.5 Å². The van der Waals surface area contributed by atoms with Crippen LogP contribution in [0.3, 0.4) is 0 Å². The Hall–Kier alpha value is -2.91. The highest BCUT2D eigenvalue weighted by molar-refractivity contribution is 7.89. The Kier molecular flexibility index (Phi) is 6.99. The minimum absolute atomic E-state index is 0.0803. The third-order valence-corrected chi connectivity index (χ3v) is 7.71. The van der Waals surface area contributed by atoms with Gasteiger partial charge in [0.25, 0.3) is 0 Å². The van der Waals surface area contributed by atoms with E-state index in [1.165, 1.54) is 7.11 Å². The second-order valence-electron chi connectivity index (χ2n) is 8.47. The van der Waals surface area contributed by atoms with E-state index < -0.39 is 33.9 Å². The molecule has 2 aliphatic carbocycles. The number of rotatable bonds is 9. The number of hydrogen-bond donors (Lipinski definition) is 2. The molecule has 0 aromatic heterocycles. The van der Waals surface area contributed by atoms with Gasteiger partial charge in [0.2, 0.25) is 10.0 Å². The minimum atomic E-state index is -3.68. The molecule has 1 atom stereocenters. The number of esters is 1. The van der Waals surface area contributed by atoms with Crippen LogP contribution in [0.4, 0.5) is 4.79 Å². The van der Waals surface area contributed by atoms with Crippen LogP contribution in [0.25, 0.3) is 11.1 Å². The second kappa shape index (κ2) is 9.93. The van der Waals surface area contributed by atoms with Crippen molar-refractivity contribution in [2.24, 2.45) is 0 Å². The van der Waals surface area contributed by atoms with Crippen LogP contribution >= 0.6 is 0 Å². The summed E-state index contributed by atoms with van der Waals surface area (Å²) < 4.78 is 37.7. The first-order valence-corrected chi connectivity index (χ1v) is 12.7. The van der Waals surface area contributed by atoms with Gasteiger partial charge in [-0.2, -0.15) is 0 Å². The number of alkyl carbamates (subject to hydrolysis) is 1. The molecule has 8 nitrogen and oxygen atoms in total. The number of benzene rings is 2. The maximum Gasteiger partial charge on any atom is 0.407 e. The largest absolute Gasteiger partial charge is 0.469 e. The van der Waals surface area contributed by atoms with Crippen molar-refractivity contribution in [1.29, 1.82) is 0 Å². The number of methoxy groups -OCH3 is 1. The molecule has 0 bridgehead atoms. The fourth-order valence-electron chi connectivity index (χ4n) is 4.34. The van der Waals surface area contributed by atoms with Gasteiger partial charge < -0.3 is 14.8 Å². The smallest absolute Gasteiger partial charge is 0.407 e. The second-order valence-corrected chi connectivity index (χ2v) is 10.3. The summed E-state index contributed by atoms with van der Waals surface area (Å²) in [5, 5.41) is 2.54. The van der Waals surface area contributed by atoms with Crippen LogP contribution in [0.2, 0.25) is 0 Å². The molecule has 176 valence electrons. The van der Waals surface area contributed by atoms with Gasteiger partial charge in [-0.25, -0.2) is 17.9 Å². The van der Waals surface area contributed by atoms with Crippen molar-refractivity contribution in [1.82, 2.24) is 10.0 Å². The van der Waals surface area contributed by atoms with E-state index in [2.05, 4.69) is 14.8 Å². The third-order valence-electron chi connectivity index (χ3n) is 6.18. The van der Waals surface area contributed by atoms with Gasteiger partial charge in [0.15, 0.2) is 0 Å². The number of fused-ring (bicyclic) bond motifs is 3. The van der Waals surface area contributed by atoms with Gasteiger partial charge in [0, 0.05) is 12.0 Å². The van der Waals surface area contributed by atoms with Crippen molar-refractivity contribution in [3.05, 3.63) is 59.7 Å². The number of carbonyl (C=O) groups excluding carboxylic acids is 2. The molecule has 2 aromatic carbocycles. The molecular formula is C24H28N2O6S. The monoisotopic (exact) mass is 472 g/mol. The highest BCUT2D eigenvalue weighted by Gasteiger charge is 2.31. The number of hydrogen-bond acceptors (Lipinski definition) is 6. The van der Waals surface area contributed by atoms with Gasteiger partial charge in [-0.1, -0.05) is 55.0 Å². The molecule has 0 heterocycles. The Bertz CT molecular complexity index is 1080. The lowest BCUT2D eigenvalue weighted by Crippen LogP contribution is -2.47. The van der Waals surface area contributed by atoms with Gasteiger partial charge in [-0.15, -0.1) is 0 Å². The molecule has 33 heavy (non-hydrogen) atoms. The van der Waals surface area contributed by atoms with Crippen LogP contribution in [0.1, 0.15) is 42.7 Å². The predicted octanol–water partition coefficient (Wildman–Crippen LogP) is 2.93. The quantitative estimate of drug-likeness (QED) is 0.543. The molecule has 2 aliphatic rings. The number of ether oxygens (including phenoxy) is 2. The molecule has 2 aromatic rings. The summed E-state index contributed by atoms with van der Waals surface area (Å²) >= 11 is 0. The van der Waals surface area contributed by atoms with Crippen molar-refractivity contribution < 1.29 is 27.5 Å². The Morgan fingerprint density at radius 2 is 1.64 bits per heavy atom. The maximum absolute atomic E-state index is 12.6. The molecule has 0 radical (unpaired) electrons. The van der Waals surface area contributed by atoms with Crippen LogP contribution in [0.5, 0.6) is 0 Å². The van der Waals surface area contributed by atoms with Crippen LogP contribution in [-0.4, -0.2) is 52.0 Å². The summed E-state index contributed by atoms with van der Waals surface area (Å²) in [6, 6.07) is 14.9. The molecule has 1 amide bonds. The predicted molar refractivity (Wildman–Crippen MR) is 123 cm³/mol. The van der Waals surface area contributed by atoms with Gasteiger partial charge in [-0.05, 0) is 35.1 Å². The molecule has 0 aliphatic heterocycles. The van der Waals surface area contributed by atoms with E-state index in [-0.39, 0.29) is 25.0 Å². The molecule has 4 rings (SSSR count). The fourth-order valence-corrected chi connectivity index (χ4v) is 5.91. The zero-order chi connectivity index (χ0) is 23.4. The zero-order valence-corrected chi connectivity index (χ0v) is 19.3. The summed E-state index contributed by atoms with van der Waals surface area (Å²) in [4.78, 5) is 24.4. The van der Waals surface area contributed by atoms with E-state index in [9.17, 15) is 18.0 Å². The van der Waals surface area contributed by atoms with Crippen LogP contribution in [0.15, 0.2) is 48.5 Å². The van der Waals surface area contributed by atoms with Crippen molar-refractivity contribution in [3.8, 4) is 11.1 Å². The van der Waals surface area contributed by atoms with Crippen molar-refractivity contribution in [2.75, 3.05) is 19.5 Å². The first-order chi connectivity index (χ1) is 15.9. The lowest BCUT2D eigenvalue weighted by atomic mass is 9.94. The SMILES string of the molecule is COC(=O)CC(CS(=O)(=O)NC1CCC1)NC(=O)OCC1c2ccccc2-c2ccccc21. The standard InChI is InChI=1S/C24H28N2O6S/c1-31-23(27)13-17(15-33(29,30)26-16-7-6-8-16)25-24(28)32-14-22-20-11-4-2-9-18(20)19-10-3-5-12-21(19)22/h2-5,9-12,16-17,22,26H,6-8,13-15H2,1H3,(H,25,28). The Labute approximate surface area is 193 Å². The first-order valence-electron chi connectivity index (χ1n) is 11.0. The summed E-state index contributed by atoms with van der Waals surface area (Å²) in [5.41, 5.74) is 4.37. The normalized spacial score (nSPS) is 16.3. The topological polar surface area (TPSA) is 111 Å². The summed E-state index contributed by atoms with van der Waals surface area (Å²) in [6.45, 7) is 0.0951. The molecule has 0 spiro atoms. The van der Waals surface area contributed by atoms with E-state index in [0.29, 0.717) is 0 Å². The Morgan fingerprint density at radius 3 is 2.18 bits per heavy atom. The molecule has 1 fully saturated rings. The number of sulfonamides is 1. The fraction of sp³-hybridized carbons (Fsp3) is 0.417. The summed E-state index contributed by atoms with van der Waals surface area (Å²) in [7, 11) is -2.46. The summed E-state index contributed by atoms with van der Waals surface area (Å²) in [6.07, 6.45) is 1.52. The lowest BCUT2D eigenvalue weighted by Gasteiger charge is -2.27.